The number of amides is 2. The molecule has 0 spiro atoms. The van der Waals surface area contributed by atoms with E-state index in [0.717, 1.165) is 11.1 Å². The van der Waals surface area contributed by atoms with E-state index in [1.54, 1.807) is 4.90 Å². The van der Waals surface area contributed by atoms with Gasteiger partial charge in [0.25, 0.3) is 0 Å². The molecule has 0 aromatic heterocycles. The number of carbonyl (C=O) groups excluding carboxylic acids is 2. The van der Waals surface area contributed by atoms with E-state index in [2.05, 4.69) is 29.6 Å². The molecule has 7 heteroatoms. The van der Waals surface area contributed by atoms with Gasteiger partial charge in [-0.15, -0.1) is 0 Å². The predicted octanol–water partition coefficient (Wildman–Crippen LogP) is 4.02. The van der Waals surface area contributed by atoms with Crippen LogP contribution >= 0.6 is 0 Å². The number of nitrogens with one attached hydrogen (secondary N) is 1. The van der Waals surface area contributed by atoms with Crippen LogP contribution < -0.4 is 5.32 Å². The lowest BCUT2D eigenvalue weighted by Gasteiger charge is -2.46. The van der Waals surface area contributed by atoms with Crippen LogP contribution in [0.15, 0.2) is 48.5 Å². The molecule has 2 aromatic carbocycles. The zero-order valence-electron chi connectivity index (χ0n) is 19.0. The number of alkyl carbamates (subject to hydrolysis) is 1. The van der Waals surface area contributed by atoms with E-state index < -0.39 is 17.5 Å². The van der Waals surface area contributed by atoms with Crippen molar-refractivity contribution in [1.29, 1.82) is 0 Å². The Hall–Kier alpha value is -3.35. The standard InChI is InChI=1S/C26H30N2O5/c1-3-26(24(30)31)15-28(16-26)23(29)13-12-17(2)27-25(32)33-14-22-20-10-6-4-8-18(20)19-9-5-7-11-21(19)22/h4-11,17,22H,3,12-16H2,1-2H3,(H,27,32)(H,30,31). The maximum Gasteiger partial charge on any atom is 0.407 e. The molecule has 2 amide bonds. The fourth-order valence-electron chi connectivity index (χ4n) is 4.78. The van der Waals surface area contributed by atoms with Crippen LogP contribution in [0.1, 0.15) is 50.2 Å². The van der Waals surface area contributed by atoms with E-state index in [0.29, 0.717) is 12.8 Å². The molecule has 2 aromatic rings. The Morgan fingerprint density at radius 3 is 2.21 bits per heavy atom. The van der Waals surface area contributed by atoms with Gasteiger partial charge in [-0.1, -0.05) is 55.5 Å². The molecule has 33 heavy (non-hydrogen) atoms. The fourth-order valence-corrected chi connectivity index (χ4v) is 4.78. The van der Waals surface area contributed by atoms with Crippen molar-refractivity contribution in [2.24, 2.45) is 5.41 Å². The highest BCUT2D eigenvalue weighted by atomic mass is 16.5. The van der Waals surface area contributed by atoms with Crippen molar-refractivity contribution in [3.05, 3.63) is 59.7 Å². The number of aliphatic carboxylic acids is 1. The van der Waals surface area contributed by atoms with Gasteiger partial charge >= 0.3 is 12.1 Å². The Labute approximate surface area is 193 Å². The molecule has 0 radical (unpaired) electrons. The van der Waals surface area contributed by atoms with Gasteiger partial charge in [0.05, 0.1) is 0 Å². The highest BCUT2D eigenvalue weighted by Crippen LogP contribution is 2.44. The first-order chi connectivity index (χ1) is 15.8. The number of hydrogen-bond acceptors (Lipinski definition) is 4. The maximum absolute atomic E-state index is 12.4. The lowest BCUT2D eigenvalue weighted by molar-refractivity contribution is -0.166. The normalized spacial score (nSPS) is 16.8. The number of likely N-dealkylation sites (tertiary alicyclic amines) is 1. The van der Waals surface area contributed by atoms with Gasteiger partial charge in [0.2, 0.25) is 5.91 Å². The Morgan fingerprint density at radius 1 is 1.09 bits per heavy atom. The van der Waals surface area contributed by atoms with Crippen LogP contribution in [-0.2, 0) is 14.3 Å². The SMILES string of the molecule is CCC1(C(=O)O)CN(C(=O)CCC(C)NC(=O)OCC2c3ccccc3-c3ccccc32)C1. The number of fused-ring (bicyclic) bond motifs is 3. The molecular formula is C26H30N2O5. The van der Waals surface area contributed by atoms with Gasteiger partial charge in [-0.3, -0.25) is 9.59 Å². The lowest BCUT2D eigenvalue weighted by Crippen LogP contribution is -2.61. The Morgan fingerprint density at radius 2 is 1.67 bits per heavy atom. The Balaban J connectivity index is 1.24. The van der Waals surface area contributed by atoms with E-state index >= 15 is 0 Å². The molecule has 1 atom stereocenters. The van der Waals surface area contributed by atoms with Crippen molar-refractivity contribution in [3.8, 4) is 11.1 Å². The van der Waals surface area contributed by atoms with Crippen LogP contribution in [0.25, 0.3) is 11.1 Å². The number of benzene rings is 2. The minimum Gasteiger partial charge on any atom is -0.481 e. The highest BCUT2D eigenvalue weighted by molar-refractivity contribution is 5.83. The van der Waals surface area contributed by atoms with Gasteiger partial charge in [0, 0.05) is 31.5 Å². The zero-order valence-corrected chi connectivity index (χ0v) is 19.0. The summed E-state index contributed by atoms with van der Waals surface area (Å²) in [6.07, 6.45) is 0.721. The summed E-state index contributed by atoms with van der Waals surface area (Å²) in [5.41, 5.74) is 3.86. The van der Waals surface area contributed by atoms with Crippen LogP contribution in [-0.4, -0.2) is 53.7 Å². The number of carboxylic acid groups (broad SMARTS) is 1. The quantitative estimate of drug-likeness (QED) is 0.633. The first-order valence-corrected chi connectivity index (χ1v) is 11.5. The summed E-state index contributed by atoms with van der Waals surface area (Å²) in [5.74, 6) is -0.930. The Kier molecular flexibility index (Phi) is 6.40. The molecule has 1 aliphatic carbocycles. The van der Waals surface area contributed by atoms with E-state index in [1.165, 1.54) is 11.1 Å². The molecule has 0 saturated carbocycles. The summed E-state index contributed by atoms with van der Waals surface area (Å²) < 4.78 is 5.55. The van der Waals surface area contributed by atoms with Crippen LogP contribution in [0.5, 0.6) is 0 Å². The second-order valence-electron chi connectivity index (χ2n) is 9.10. The van der Waals surface area contributed by atoms with Crippen molar-refractivity contribution < 1.29 is 24.2 Å². The molecule has 0 bridgehead atoms. The maximum atomic E-state index is 12.4. The fraction of sp³-hybridized carbons (Fsp3) is 0.423. The number of carboxylic acids is 1. The molecule has 1 unspecified atom stereocenters. The molecule has 1 heterocycles. The zero-order chi connectivity index (χ0) is 23.6. The molecule has 1 aliphatic heterocycles. The number of hydrogen-bond donors (Lipinski definition) is 2. The summed E-state index contributed by atoms with van der Waals surface area (Å²) >= 11 is 0. The average molecular weight is 451 g/mol. The van der Waals surface area contributed by atoms with Gasteiger partial charge in [-0.05, 0) is 42.0 Å². The molecule has 2 N–H and O–H groups in total. The summed E-state index contributed by atoms with van der Waals surface area (Å²) in [6.45, 7) is 4.42. The third-order valence-electron chi connectivity index (χ3n) is 6.97. The van der Waals surface area contributed by atoms with Gasteiger partial charge in [0.15, 0.2) is 0 Å². The Bertz CT molecular complexity index is 1010. The second kappa shape index (κ2) is 9.25. The third kappa shape index (κ3) is 4.45. The molecule has 2 aliphatic rings. The van der Waals surface area contributed by atoms with Crippen LogP contribution in [0.3, 0.4) is 0 Å². The molecule has 174 valence electrons. The van der Waals surface area contributed by atoms with Crippen LogP contribution in [0, 0.1) is 5.41 Å². The monoisotopic (exact) mass is 450 g/mol. The van der Waals surface area contributed by atoms with E-state index in [9.17, 15) is 19.5 Å². The molecule has 7 nitrogen and oxygen atoms in total. The summed E-state index contributed by atoms with van der Waals surface area (Å²) in [4.78, 5) is 37.7. The van der Waals surface area contributed by atoms with Crippen LogP contribution in [0.2, 0.25) is 0 Å². The largest absolute Gasteiger partial charge is 0.481 e. The summed E-state index contributed by atoms with van der Waals surface area (Å²) in [7, 11) is 0. The van der Waals surface area contributed by atoms with Crippen LogP contribution in [0.4, 0.5) is 4.79 Å². The van der Waals surface area contributed by atoms with E-state index in [4.69, 9.17) is 4.74 Å². The van der Waals surface area contributed by atoms with E-state index in [1.807, 2.05) is 38.1 Å². The topological polar surface area (TPSA) is 95.9 Å². The predicted molar refractivity (Wildman–Crippen MR) is 124 cm³/mol. The smallest absolute Gasteiger partial charge is 0.407 e. The first-order valence-electron chi connectivity index (χ1n) is 11.5. The summed E-state index contributed by atoms with van der Waals surface area (Å²) in [6, 6.07) is 16.1. The van der Waals surface area contributed by atoms with E-state index in [-0.39, 0.29) is 44.0 Å². The van der Waals surface area contributed by atoms with Crippen molar-refractivity contribution >= 4 is 18.0 Å². The van der Waals surface area contributed by atoms with Crippen molar-refractivity contribution in [2.75, 3.05) is 19.7 Å². The van der Waals surface area contributed by atoms with Crippen molar-refractivity contribution in [3.63, 3.8) is 0 Å². The number of rotatable bonds is 8. The average Bonchev–Trinajstić information content (AvgIpc) is 3.09. The van der Waals surface area contributed by atoms with Crippen molar-refractivity contribution in [2.45, 2.75) is 45.1 Å². The molecular weight excluding hydrogens is 420 g/mol. The van der Waals surface area contributed by atoms with Gasteiger partial charge in [-0.2, -0.15) is 0 Å². The number of carbonyl (C=O) groups is 3. The summed E-state index contributed by atoms with van der Waals surface area (Å²) in [5, 5.41) is 12.1. The molecule has 1 saturated heterocycles. The number of nitrogens with zero attached hydrogens (tertiary/aromatic N) is 1. The third-order valence-corrected chi connectivity index (χ3v) is 6.97. The van der Waals surface area contributed by atoms with Gasteiger partial charge in [-0.25, -0.2) is 4.79 Å². The van der Waals surface area contributed by atoms with Gasteiger partial charge < -0.3 is 20.1 Å². The minimum atomic E-state index is -0.848. The lowest BCUT2D eigenvalue weighted by atomic mass is 9.77. The minimum absolute atomic E-state index is 0.000446. The van der Waals surface area contributed by atoms with Gasteiger partial charge in [0.1, 0.15) is 12.0 Å². The number of ether oxygens (including phenoxy) is 1. The first kappa shape index (κ1) is 22.8. The molecule has 4 rings (SSSR count). The second-order valence-corrected chi connectivity index (χ2v) is 9.10. The van der Waals surface area contributed by atoms with Crippen molar-refractivity contribution in [1.82, 2.24) is 10.2 Å². The molecule has 1 fully saturated rings. The highest BCUT2D eigenvalue weighted by Gasteiger charge is 2.49.